The number of benzene rings is 2. The number of aryl methyl sites for hydroxylation is 2. The summed E-state index contributed by atoms with van der Waals surface area (Å²) in [6.07, 6.45) is 2.90. The lowest BCUT2D eigenvalue weighted by Crippen LogP contribution is -2.13. The standard InChI is InChI=1S/C19H16Cl2N4O/c1-11-6-12(2)8-14(7-11)24-18(26)13-9-22-19(23-10-13)25-16-5-3-4-15(20)17(16)21/h3-10H,1-2H3,(H,24,26)(H,22,23,25). The zero-order chi connectivity index (χ0) is 18.7. The van der Waals surface area contributed by atoms with Gasteiger partial charge in [-0.1, -0.05) is 35.3 Å². The van der Waals surface area contributed by atoms with E-state index in [0.717, 1.165) is 16.8 Å². The summed E-state index contributed by atoms with van der Waals surface area (Å²) in [5.41, 5.74) is 3.84. The van der Waals surface area contributed by atoms with Crippen LogP contribution in [0.5, 0.6) is 0 Å². The van der Waals surface area contributed by atoms with Crippen molar-refractivity contribution in [3.63, 3.8) is 0 Å². The molecule has 7 heteroatoms. The van der Waals surface area contributed by atoms with Crippen LogP contribution >= 0.6 is 23.2 Å². The number of nitrogens with zero attached hydrogens (tertiary/aromatic N) is 2. The fraction of sp³-hybridized carbons (Fsp3) is 0.105. The number of hydrogen-bond donors (Lipinski definition) is 2. The molecule has 0 bridgehead atoms. The molecule has 2 N–H and O–H groups in total. The molecule has 132 valence electrons. The van der Waals surface area contributed by atoms with E-state index in [1.807, 2.05) is 32.0 Å². The van der Waals surface area contributed by atoms with Crippen molar-refractivity contribution in [2.45, 2.75) is 13.8 Å². The molecule has 2 aromatic carbocycles. The zero-order valence-corrected chi connectivity index (χ0v) is 15.7. The first kappa shape index (κ1) is 18.2. The number of aromatic nitrogens is 2. The molecule has 0 aliphatic carbocycles. The summed E-state index contributed by atoms with van der Waals surface area (Å²) in [7, 11) is 0. The van der Waals surface area contributed by atoms with Gasteiger partial charge in [-0.3, -0.25) is 4.79 Å². The highest BCUT2D eigenvalue weighted by molar-refractivity contribution is 6.43. The molecular weight excluding hydrogens is 371 g/mol. The molecule has 0 saturated heterocycles. The van der Waals surface area contributed by atoms with Crippen molar-refractivity contribution in [3.8, 4) is 0 Å². The SMILES string of the molecule is Cc1cc(C)cc(NC(=O)c2cnc(Nc3cccc(Cl)c3Cl)nc2)c1. The minimum Gasteiger partial charge on any atom is -0.323 e. The lowest BCUT2D eigenvalue weighted by atomic mass is 10.1. The molecular formula is C19H16Cl2N4O. The molecule has 3 aromatic rings. The van der Waals surface area contributed by atoms with Crippen LogP contribution in [0.4, 0.5) is 17.3 Å². The number of amides is 1. The topological polar surface area (TPSA) is 66.9 Å². The zero-order valence-electron chi connectivity index (χ0n) is 14.2. The number of anilines is 3. The summed E-state index contributed by atoms with van der Waals surface area (Å²) in [6.45, 7) is 3.96. The molecule has 0 fully saturated rings. The number of rotatable bonds is 4. The fourth-order valence-corrected chi connectivity index (χ4v) is 2.83. The number of carbonyl (C=O) groups is 1. The molecule has 1 aromatic heterocycles. The van der Waals surface area contributed by atoms with Gasteiger partial charge in [0, 0.05) is 18.1 Å². The van der Waals surface area contributed by atoms with E-state index in [-0.39, 0.29) is 5.91 Å². The van der Waals surface area contributed by atoms with Crippen molar-refractivity contribution < 1.29 is 4.79 Å². The van der Waals surface area contributed by atoms with Crippen LogP contribution in [0.1, 0.15) is 21.5 Å². The van der Waals surface area contributed by atoms with Crippen LogP contribution in [-0.4, -0.2) is 15.9 Å². The van der Waals surface area contributed by atoms with E-state index in [1.165, 1.54) is 12.4 Å². The molecule has 26 heavy (non-hydrogen) atoms. The lowest BCUT2D eigenvalue weighted by molar-refractivity contribution is 0.102. The van der Waals surface area contributed by atoms with Crippen molar-refractivity contribution >= 4 is 46.4 Å². The Kier molecular flexibility index (Phi) is 5.40. The van der Waals surface area contributed by atoms with Crippen LogP contribution < -0.4 is 10.6 Å². The maximum absolute atomic E-state index is 12.4. The minimum absolute atomic E-state index is 0.276. The van der Waals surface area contributed by atoms with Gasteiger partial charge in [0.2, 0.25) is 5.95 Å². The Bertz CT molecular complexity index is 938. The molecule has 1 amide bonds. The van der Waals surface area contributed by atoms with Crippen LogP contribution in [0.3, 0.4) is 0 Å². The summed E-state index contributed by atoms with van der Waals surface area (Å²) >= 11 is 12.1. The molecule has 0 radical (unpaired) electrons. The van der Waals surface area contributed by atoms with Crippen molar-refractivity contribution in [2.24, 2.45) is 0 Å². The predicted molar refractivity (Wildman–Crippen MR) is 106 cm³/mol. The first-order valence-corrected chi connectivity index (χ1v) is 8.61. The number of hydrogen-bond acceptors (Lipinski definition) is 4. The van der Waals surface area contributed by atoms with Crippen LogP contribution in [0.2, 0.25) is 10.0 Å². The summed E-state index contributed by atoms with van der Waals surface area (Å²) in [4.78, 5) is 20.7. The Morgan fingerprint density at radius 3 is 2.31 bits per heavy atom. The highest BCUT2D eigenvalue weighted by Crippen LogP contribution is 2.30. The average molecular weight is 387 g/mol. The van der Waals surface area contributed by atoms with Gasteiger partial charge in [-0.05, 0) is 49.2 Å². The minimum atomic E-state index is -0.276. The number of carbonyl (C=O) groups excluding carboxylic acids is 1. The normalized spacial score (nSPS) is 10.5. The second-order valence-corrected chi connectivity index (χ2v) is 6.64. The molecule has 0 atom stereocenters. The van der Waals surface area contributed by atoms with E-state index >= 15 is 0 Å². The Labute approximate surface area is 161 Å². The fourth-order valence-electron chi connectivity index (χ4n) is 2.48. The molecule has 0 saturated carbocycles. The van der Waals surface area contributed by atoms with Crippen molar-refractivity contribution in [1.82, 2.24) is 9.97 Å². The summed E-state index contributed by atoms with van der Waals surface area (Å²) < 4.78 is 0. The van der Waals surface area contributed by atoms with Crippen LogP contribution in [0.15, 0.2) is 48.8 Å². The van der Waals surface area contributed by atoms with Gasteiger partial charge in [0.25, 0.3) is 5.91 Å². The molecule has 0 spiro atoms. The van der Waals surface area contributed by atoms with E-state index in [0.29, 0.717) is 27.2 Å². The van der Waals surface area contributed by atoms with Gasteiger partial charge in [0.15, 0.2) is 0 Å². The number of halogens is 2. The van der Waals surface area contributed by atoms with E-state index < -0.39 is 0 Å². The largest absolute Gasteiger partial charge is 0.323 e. The quantitative estimate of drug-likeness (QED) is 0.629. The van der Waals surface area contributed by atoms with Crippen LogP contribution in [-0.2, 0) is 0 Å². The van der Waals surface area contributed by atoms with E-state index in [1.54, 1.807) is 18.2 Å². The predicted octanol–water partition coefficient (Wildman–Crippen LogP) is 5.40. The van der Waals surface area contributed by atoms with Gasteiger partial charge in [0.05, 0.1) is 21.3 Å². The van der Waals surface area contributed by atoms with Gasteiger partial charge in [-0.25, -0.2) is 9.97 Å². The summed E-state index contributed by atoms with van der Waals surface area (Å²) in [5, 5.41) is 6.64. The maximum Gasteiger partial charge on any atom is 0.258 e. The second-order valence-electron chi connectivity index (χ2n) is 5.85. The Morgan fingerprint density at radius 1 is 1.00 bits per heavy atom. The van der Waals surface area contributed by atoms with Crippen molar-refractivity contribution in [3.05, 3.63) is 75.5 Å². The molecule has 0 aliphatic heterocycles. The van der Waals surface area contributed by atoms with E-state index in [9.17, 15) is 4.79 Å². The monoisotopic (exact) mass is 386 g/mol. The van der Waals surface area contributed by atoms with Crippen LogP contribution in [0.25, 0.3) is 0 Å². The lowest BCUT2D eigenvalue weighted by Gasteiger charge is -2.09. The Balaban J connectivity index is 1.72. The first-order valence-electron chi connectivity index (χ1n) is 7.85. The first-order chi connectivity index (χ1) is 12.4. The van der Waals surface area contributed by atoms with Gasteiger partial charge in [0.1, 0.15) is 0 Å². The Morgan fingerprint density at radius 2 is 1.65 bits per heavy atom. The third-order valence-corrected chi connectivity index (χ3v) is 4.41. The molecule has 0 aliphatic rings. The number of nitrogens with one attached hydrogen (secondary N) is 2. The third-order valence-electron chi connectivity index (χ3n) is 3.59. The average Bonchev–Trinajstić information content (AvgIpc) is 2.58. The van der Waals surface area contributed by atoms with Gasteiger partial charge in [-0.15, -0.1) is 0 Å². The molecule has 5 nitrogen and oxygen atoms in total. The van der Waals surface area contributed by atoms with E-state index in [4.69, 9.17) is 23.2 Å². The Hall–Kier alpha value is -2.63. The smallest absolute Gasteiger partial charge is 0.258 e. The highest BCUT2D eigenvalue weighted by Gasteiger charge is 2.10. The van der Waals surface area contributed by atoms with Crippen molar-refractivity contribution in [1.29, 1.82) is 0 Å². The van der Waals surface area contributed by atoms with Gasteiger partial charge in [-0.2, -0.15) is 0 Å². The van der Waals surface area contributed by atoms with Crippen molar-refractivity contribution in [2.75, 3.05) is 10.6 Å². The van der Waals surface area contributed by atoms with Crippen LogP contribution in [0, 0.1) is 13.8 Å². The molecule has 3 rings (SSSR count). The molecule has 1 heterocycles. The summed E-state index contributed by atoms with van der Waals surface area (Å²) in [6, 6.07) is 11.1. The molecule has 0 unspecified atom stereocenters. The summed E-state index contributed by atoms with van der Waals surface area (Å²) in [5.74, 6) is 0.0412. The second kappa shape index (κ2) is 7.72. The van der Waals surface area contributed by atoms with Gasteiger partial charge >= 0.3 is 0 Å². The highest BCUT2D eigenvalue weighted by atomic mass is 35.5. The third kappa shape index (κ3) is 4.31. The van der Waals surface area contributed by atoms with E-state index in [2.05, 4.69) is 20.6 Å². The van der Waals surface area contributed by atoms with Gasteiger partial charge < -0.3 is 10.6 Å². The maximum atomic E-state index is 12.4.